The number of esters is 1. The van der Waals surface area contributed by atoms with Gasteiger partial charge in [-0.25, -0.2) is 4.79 Å². The third-order valence-corrected chi connectivity index (χ3v) is 5.06. The molecule has 0 aliphatic carbocycles. The van der Waals surface area contributed by atoms with E-state index in [0.717, 1.165) is 43.7 Å². The van der Waals surface area contributed by atoms with E-state index in [1.54, 1.807) is 11.8 Å². The van der Waals surface area contributed by atoms with Crippen LogP contribution in [0.3, 0.4) is 0 Å². The lowest BCUT2D eigenvalue weighted by Gasteiger charge is -2.35. The van der Waals surface area contributed by atoms with E-state index < -0.39 is 6.04 Å². The molecule has 2 aliphatic rings. The van der Waals surface area contributed by atoms with E-state index in [-0.39, 0.29) is 17.9 Å². The molecule has 2 fully saturated rings. The Morgan fingerprint density at radius 2 is 2.12 bits per heavy atom. The molecule has 2 saturated heterocycles. The van der Waals surface area contributed by atoms with Crippen molar-refractivity contribution in [3.05, 3.63) is 17.5 Å². The highest BCUT2D eigenvalue weighted by Gasteiger charge is 2.36. The molecule has 1 aromatic rings. The van der Waals surface area contributed by atoms with Crippen molar-refractivity contribution in [2.75, 3.05) is 26.2 Å². The Kier molecular flexibility index (Phi) is 5.73. The van der Waals surface area contributed by atoms with Crippen molar-refractivity contribution in [1.82, 2.24) is 15.0 Å². The molecule has 2 atom stereocenters. The number of hydrogen-bond donors (Lipinski definition) is 0. The van der Waals surface area contributed by atoms with Gasteiger partial charge in [0.05, 0.1) is 24.9 Å². The van der Waals surface area contributed by atoms with Gasteiger partial charge >= 0.3 is 5.97 Å². The lowest BCUT2D eigenvalue weighted by molar-refractivity contribution is -0.157. The zero-order chi connectivity index (χ0) is 17.8. The van der Waals surface area contributed by atoms with E-state index in [4.69, 9.17) is 9.26 Å². The highest BCUT2D eigenvalue weighted by atomic mass is 16.5. The monoisotopic (exact) mass is 349 g/mol. The maximum Gasteiger partial charge on any atom is 0.328 e. The molecule has 2 aliphatic heterocycles. The van der Waals surface area contributed by atoms with Gasteiger partial charge in [0.15, 0.2) is 5.76 Å². The quantitative estimate of drug-likeness (QED) is 0.758. The second-order valence-corrected chi connectivity index (χ2v) is 6.85. The van der Waals surface area contributed by atoms with Gasteiger partial charge in [0, 0.05) is 12.6 Å². The molecule has 0 unspecified atom stereocenters. The zero-order valence-electron chi connectivity index (χ0n) is 15.1. The number of rotatable bonds is 5. The summed E-state index contributed by atoms with van der Waals surface area (Å²) in [5.41, 5.74) is 0.853. The maximum atomic E-state index is 12.9. The van der Waals surface area contributed by atoms with Crippen LogP contribution in [-0.2, 0) is 14.3 Å². The summed E-state index contributed by atoms with van der Waals surface area (Å²) in [7, 11) is 0. The Morgan fingerprint density at radius 3 is 2.84 bits per heavy atom. The van der Waals surface area contributed by atoms with Gasteiger partial charge in [-0.3, -0.25) is 9.69 Å². The van der Waals surface area contributed by atoms with Crippen LogP contribution in [0.15, 0.2) is 10.6 Å². The Balaban J connectivity index is 1.66. The van der Waals surface area contributed by atoms with Crippen LogP contribution in [0.2, 0.25) is 0 Å². The fourth-order valence-electron chi connectivity index (χ4n) is 3.86. The molecule has 1 aromatic heterocycles. The minimum absolute atomic E-state index is 0.000824. The highest BCUT2D eigenvalue weighted by Crippen LogP contribution is 2.32. The predicted molar refractivity (Wildman–Crippen MR) is 90.8 cm³/mol. The van der Waals surface area contributed by atoms with Crippen molar-refractivity contribution in [1.29, 1.82) is 0 Å². The summed E-state index contributed by atoms with van der Waals surface area (Å²) in [6.07, 6.45) is 4.57. The Bertz CT molecular complexity index is 615. The molecule has 3 rings (SSSR count). The van der Waals surface area contributed by atoms with E-state index in [1.807, 2.05) is 13.0 Å². The van der Waals surface area contributed by atoms with Crippen LogP contribution >= 0.6 is 0 Å². The van der Waals surface area contributed by atoms with E-state index >= 15 is 0 Å². The Labute approximate surface area is 148 Å². The molecule has 7 heteroatoms. The van der Waals surface area contributed by atoms with E-state index in [1.165, 1.54) is 0 Å². The van der Waals surface area contributed by atoms with Gasteiger partial charge in [0.2, 0.25) is 5.91 Å². The Morgan fingerprint density at radius 1 is 1.28 bits per heavy atom. The number of hydrogen-bond acceptors (Lipinski definition) is 6. The first-order valence-electron chi connectivity index (χ1n) is 9.23. The molecule has 0 bridgehead atoms. The first kappa shape index (κ1) is 17.9. The number of aryl methyl sites for hydroxylation is 1. The third-order valence-electron chi connectivity index (χ3n) is 5.06. The molecule has 3 heterocycles. The number of carbonyl (C=O) groups excluding carboxylic acids is 2. The molecule has 0 N–H and O–H groups in total. The topological polar surface area (TPSA) is 75.9 Å². The van der Waals surface area contributed by atoms with E-state index in [2.05, 4.69) is 10.1 Å². The number of ether oxygens (including phenoxy) is 1. The summed E-state index contributed by atoms with van der Waals surface area (Å²) >= 11 is 0. The molecular formula is C18H27N3O4. The van der Waals surface area contributed by atoms with Gasteiger partial charge < -0.3 is 14.2 Å². The molecular weight excluding hydrogens is 322 g/mol. The molecule has 7 nitrogen and oxygen atoms in total. The second kappa shape index (κ2) is 7.99. The van der Waals surface area contributed by atoms with Gasteiger partial charge in [0.1, 0.15) is 6.04 Å². The second-order valence-electron chi connectivity index (χ2n) is 6.85. The number of aromatic nitrogens is 1. The van der Waals surface area contributed by atoms with Crippen molar-refractivity contribution in [2.45, 2.75) is 58.0 Å². The summed E-state index contributed by atoms with van der Waals surface area (Å²) in [6, 6.07) is 1.60. The number of likely N-dealkylation sites (tertiary alicyclic amines) is 2. The van der Waals surface area contributed by atoms with Crippen LogP contribution in [0, 0.1) is 6.92 Å². The van der Waals surface area contributed by atoms with Gasteiger partial charge in [0.25, 0.3) is 0 Å². The average molecular weight is 349 g/mol. The predicted octanol–water partition coefficient (Wildman–Crippen LogP) is 2.06. The van der Waals surface area contributed by atoms with Gasteiger partial charge in [-0.2, -0.15) is 0 Å². The average Bonchev–Trinajstić information content (AvgIpc) is 3.23. The minimum atomic E-state index is -0.435. The van der Waals surface area contributed by atoms with Crippen molar-refractivity contribution in [3.8, 4) is 0 Å². The fraction of sp³-hybridized carbons (Fsp3) is 0.722. The van der Waals surface area contributed by atoms with Crippen molar-refractivity contribution in [2.24, 2.45) is 0 Å². The van der Waals surface area contributed by atoms with Crippen LogP contribution < -0.4 is 0 Å². The summed E-state index contributed by atoms with van der Waals surface area (Å²) in [5, 5.41) is 3.96. The summed E-state index contributed by atoms with van der Waals surface area (Å²) in [6.45, 7) is 5.82. The molecule has 0 aromatic carbocycles. The molecule has 0 radical (unpaired) electrons. The van der Waals surface area contributed by atoms with Crippen molar-refractivity contribution in [3.63, 3.8) is 0 Å². The molecule has 25 heavy (non-hydrogen) atoms. The van der Waals surface area contributed by atoms with E-state index in [9.17, 15) is 9.59 Å². The normalized spacial score (nSPS) is 24.5. The maximum absolute atomic E-state index is 12.9. The lowest BCUT2D eigenvalue weighted by Crippen LogP contribution is -2.51. The fourth-order valence-corrected chi connectivity index (χ4v) is 3.86. The number of piperidine rings is 1. The lowest BCUT2D eigenvalue weighted by atomic mass is 10.0. The molecule has 138 valence electrons. The van der Waals surface area contributed by atoms with Crippen LogP contribution in [-0.4, -0.2) is 59.1 Å². The molecule has 0 spiro atoms. The third kappa shape index (κ3) is 4.03. The minimum Gasteiger partial charge on any atom is -0.464 e. The van der Waals surface area contributed by atoms with Crippen molar-refractivity contribution < 1.29 is 18.8 Å². The zero-order valence-corrected chi connectivity index (χ0v) is 15.1. The van der Waals surface area contributed by atoms with Crippen LogP contribution in [0.4, 0.5) is 0 Å². The first-order valence-corrected chi connectivity index (χ1v) is 9.23. The van der Waals surface area contributed by atoms with Gasteiger partial charge in [-0.15, -0.1) is 0 Å². The van der Waals surface area contributed by atoms with Gasteiger partial charge in [-0.05, 0) is 52.5 Å². The standard InChI is InChI=1S/C18H27N3O4/c1-3-24-18(23)15-7-4-5-10-21(15)17(22)12-20-9-6-8-14(20)16-11-13(2)19-25-16/h11,14-15H,3-10,12H2,1-2H3/t14-,15-/m0/s1. The van der Waals surface area contributed by atoms with Crippen LogP contribution in [0.5, 0.6) is 0 Å². The van der Waals surface area contributed by atoms with Crippen LogP contribution in [0.25, 0.3) is 0 Å². The largest absolute Gasteiger partial charge is 0.464 e. The summed E-state index contributed by atoms with van der Waals surface area (Å²) in [4.78, 5) is 28.9. The van der Waals surface area contributed by atoms with Crippen molar-refractivity contribution >= 4 is 11.9 Å². The molecule has 1 amide bonds. The summed E-state index contributed by atoms with van der Waals surface area (Å²) < 4.78 is 10.6. The summed E-state index contributed by atoms with van der Waals surface area (Å²) in [5.74, 6) is 0.545. The highest BCUT2D eigenvalue weighted by molar-refractivity contribution is 5.85. The van der Waals surface area contributed by atoms with E-state index in [0.29, 0.717) is 26.1 Å². The number of nitrogens with zero attached hydrogens (tertiary/aromatic N) is 3. The van der Waals surface area contributed by atoms with Crippen LogP contribution in [0.1, 0.15) is 56.5 Å². The number of amides is 1. The van der Waals surface area contributed by atoms with Gasteiger partial charge in [-0.1, -0.05) is 5.16 Å². The Hall–Kier alpha value is -1.89. The SMILES string of the molecule is CCOC(=O)[C@@H]1CCCCN1C(=O)CN1CCC[C@H]1c1cc(C)no1. The first-order chi connectivity index (χ1) is 12.1. The smallest absolute Gasteiger partial charge is 0.328 e. The number of carbonyl (C=O) groups is 2. The molecule has 0 saturated carbocycles.